The van der Waals surface area contributed by atoms with Crippen molar-refractivity contribution in [3.05, 3.63) is 0 Å². The Balaban J connectivity index is 6.95. The molecule has 7 amide bonds. The second-order valence-corrected chi connectivity index (χ2v) is 16.0. The molecule has 346 valence electrons. The maximum absolute atomic E-state index is 14.2. The number of methoxy groups -OCH3 is 1. The summed E-state index contributed by atoms with van der Waals surface area (Å²) in [6.45, 7) is 13.8. The fourth-order valence-electron chi connectivity index (χ4n) is 5.45. The molecule has 20 heteroatoms. The van der Waals surface area contributed by atoms with Crippen LogP contribution in [0.25, 0.3) is 0 Å². The molecule has 0 spiro atoms. The van der Waals surface area contributed by atoms with E-state index in [1.807, 2.05) is 0 Å². The first kappa shape index (κ1) is 50.2. The lowest BCUT2D eigenvalue weighted by Gasteiger charge is -2.27. The molecule has 0 aliphatic heterocycles. The number of amides is 7. The van der Waals surface area contributed by atoms with Gasteiger partial charge in [0.05, 0.1) is 37.4 Å². The summed E-state index contributed by atoms with van der Waals surface area (Å²) in [6.07, 6.45) is -5.98. The monoisotopic (exact) mass is 871 g/mol. The molecule has 0 fully saturated rings. The number of ketones is 1. The van der Waals surface area contributed by atoms with Crippen molar-refractivity contribution < 1.29 is 66.3 Å². The van der Waals surface area contributed by atoms with Gasteiger partial charge in [-0.25, -0.2) is 0 Å². The molecular formula is C41H69N7O13. The van der Waals surface area contributed by atoms with Gasteiger partial charge in [0.1, 0.15) is 47.6 Å². The van der Waals surface area contributed by atoms with E-state index in [0.29, 0.717) is 0 Å². The summed E-state index contributed by atoms with van der Waals surface area (Å²) >= 11 is 0. The van der Waals surface area contributed by atoms with Gasteiger partial charge in [-0.2, -0.15) is 0 Å². The third-order valence-electron chi connectivity index (χ3n) is 9.30. The molecule has 0 aromatic heterocycles. The fraction of sp³-hybridized carbons (Fsp3) is 0.732. The summed E-state index contributed by atoms with van der Waals surface area (Å²) < 4.78 is 32.6. The predicted molar refractivity (Wildman–Crippen MR) is 222 cm³/mol. The number of Topliss-reactive ketones (excluding diaryl/α,β-unsaturated/α-hetero) is 1. The summed E-state index contributed by atoms with van der Waals surface area (Å²) in [5.74, 6) is -8.35. The van der Waals surface area contributed by atoms with Gasteiger partial charge in [-0.1, -0.05) is 55.4 Å². The van der Waals surface area contributed by atoms with Gasteiger partial charge in [-0.05, 0) is 49.9 Å². The Hall–Kier alpha value is -5.11. The van der Waals surface area contributed by atoms with Gasteiger partial charge < -0.3 is 61.1 Å². The highest BCUT2D eigenvalue weighted by molar-refractivity contribution is 5.96. The number of nitrogens with one attached hydrogen (secondary N) is 7. The van der Waals surface area contributed by atoms with Crippen molar-refractivity contribution >= 4 is 65.9 Å². The van der Waals surface area contributed by atoms with Crippen LogP contribution in [0.1, 0.15) is 105 Å². The first-order valence-electron chi connectivity index (χ1n) is 21.9. The number of hydrogen-bond donors (Lipinski definition) is 7. The third kappa shape index (κ3) is 22.9. The second-order valence-electron chi connectivity index (χ2n) is 16.0. The standard InChI is InChI=1S/C41H69N7O13/c1-23(2)31(19-49)43-34(53)14-11-28(42-37(56)22-61-18-17-60-10)39(57)46-29(12-15-35(54)44-32(20-50)24(3)4)40(58)47-30(41(59)48-38(26(7)8)27(9)52)13-16-36(55)45-33(21-51)25(5)6/h19-21,23-26,28-33,38H,11-18,22H2,1-10H3,(H,42,56)(H,43,53)(H,44,54)(H,45,55)(H,46,57)(H,47,58)(H,48,59)/i19D,20D,21D. The molecule has 0 heterocycles. The largest absolute Gasteiger partial charge is 0.382 e. The number of hydrogen-bond acceptors (Lipinski definition) is 13. The van der Waals surface area contributed by atoms with Crippen LogP contribution in [-0.4, -0.2) is 135 Å². The zero-order valence-corrected chi connectivity index (χ0v) is 37.0. The Labute approximate surface area is 362 Å². The second kappa shape index (κ2) is 30.0. The average molecular weight is 871 g/mol. The average Bonchev–Trinajstić information content (AvgIpc) is 3.18. The van der Waals surface area contributed by atoms with Gasteiger partial charge >= 0.3 is 0 Å². The highest BCUT2D eigenvalue weighted by Gasteiger charge is 2.33. The SMILES string of the molecule is [2H]C(=O)C(NC(=O)CCC(NC(=O)COCCOC)C(=O)NC(CCC(=O)NC(C([2H])=O)C(C)C)C(=O)NC(CCC(=O)NC(C([2H])=O)C(C)C)C(=O)NC(C(C)=O)C(C)C)C(C)C. The first-order valence-corrected chi connectivity index (χ1v) is 20.4. The van der Waals surface area contributed by atoms with Crippen LogP contribution in [0.5, 0.6) is 0 Å². The quantitative estimate of drug-likeness (QED) is 0.0322. The molecular weight excluding hydrogens is 798 g/mol. The molecule has 0 saturated carbocycles. The van der Waals surface area contributed by atoms with E-state index in [1.54, 1.807) is 55.4 Å². The minimum atomic E-state index is -1.69. The number of ether oxygens (including phenoxy) is 2. The van der Waals surface area contributed by atoms with Gasteiger partial charge in [0, 0.05) is 26.4 Å². The summed E-state index contributed by atoms with van der Waals surface area (Å²) in [5, 5.41) is 17.1. The summed E-state index contributed by atoms with van der Waals surface area (Å²) in [6, 6.07) is -9.37. The fourth-order valence-corrected chi connectivity index (χ4v) is 5.45. The predicted octanol–water partition coefficient (Wildman–Crippen LogP) is -0.807. The molecule has 0 aromatic rings. The van der Waals surface area contributed by atoms with E-state index in [0.717, 1.165) is 0 Å². The molecule has 0 rings (SSSR count). The van der Waals surface area contributed by atoms with E-state index in [9.17, 15) is 52.7 Å². The molecule has 0 saturated heterocycles. The van der Waals surface area contributed by atoms with E-state index in [4.69, 9.17) is 13.6 Å². The highest BCUT2D eigenvalue weighted by Crippen LogP contribution is 2.10. The molecule has 0 bridgehead atoms. The number of rotatable bonds is 32. The van der Waals surface area contributed by atoms with Crippen molar-refractivity contribution in [2.75, 3.05) is 26.9 Å². The lowest BCUT2D eigenvalue weighted by molar-refractivity contribution is -0.136. The molecule has 0 aliphatic carbocycles. The molecule has 20 nitrogen and oxygen atoms in total. The van der Waals surface area contributed by atoms with Crippen molar-refractivity contribution in [1.29, 1.82) is 0 Å². The van der Waals surface area contributed by atoms with Crippen molar-refractivity contribution in [2.45, 2.75) is 143 Å². The van der Waals surface area contributed by atoms with Crippen LogP contribution in [0, 0.1) is 23.7 Å². The maximum atomic E-state index is 14.2. The Bertz CT molecular complexity index is 1650. The Morgan fingerprint density at radius 3 is 1.13 bits per heavy atom. The van der Waals surface area contributed by atoms with Crippen molar-refractivity contribution in [3.8, 4) is 0 Å². The zero-order valence-electron chi connectivity index (χ0n) is 40.0. The minimum absolute atomic E-state index is 0.0100. The number of carbonyl (C=O) groups excluding carboxylic acids is 11. The number of carbonyl (C=O) groups is 11. The molecule has 0 aliphatic rings. The zero-order chi connectivity index (χ0) is 49.4. The third-order valence-corrected chi connectivity index (χ3v) is 9.30. The van der Waals surface area contributed by atoms with E-state index in [1.165, 1.54) is 14.0 Å². The van der Waals surface area contributed by atoms with Gasteiger partial charge in [-0.15, -0.1) is 0 Å². The number of aldehydes is 3. The van der Waals surface area contributed by atoms with Gasteiger partial charge in [0.15, 0.2) is 5.78 Å². The summed E-state index contributed by atoms with van der Waals surface area (Å²) in [4.78, 5) is 142. The first-order chi connectivity index (χ1) is 29.7. The molecule has 61 heavy (non-hydrogen) atoms. The van der Waals surface area contributed by atoms with E-state index in [2.05, 4.69) is 37.2 Å². The van der Waals surface area contributed by atoms with Crippen LogP contribution in [0.2, 0.25) is 0 Å². The van der Waals surface area contributed by atoms with Gasteiger partial charge in [-0.3, -0.25) is 38.4 Å². The van der Waals surface area contributed by atoms with Crippen LogP contribution in [0.15, 0.2) is 0 Å². The maximum Gasteiger partial charge on any atom is 0.246 e. The van der Waals surface area contributed by atoms with E-state index >= 15 is 0 Å². The van der Waals surface area contributed by atoms with Crippen LogP contribution >= 0.6 is 0 Å². The van der Waals surface area contributed by atoms with Crippen LogP contribution in [0.4, 0.5) is 0 Å². The molecule has 7 atom stereocenters. The van der Waals surface area contributed by atoms with Crippen molar-refractivity contribution in [2.24, 2.45) is 23.7 Å². The topological polar surface area (TPSA) is 290 Å². The van der Waals surface area contributed by atoms with Crippen LogP contribution < -0.4 is 37.2 Å². The summed E-state index contributed by atoms with van der Waals surface area (Å²) in [5.41, 5.74) is 0. The molecule has 7 N–H and O–H groups in total. The highest BCUT2D eigenvalue weighted by atomic mass is 16.5. The Morgan fingerprint density at radius 2 is 0.836 bits per heavy atom. The Morgan fingerprint density at radius 1 is 0.492 bits per heavy atom. The Kier molecular flexibility index (Phi) is 24.7. The van der Waals surface area contributed by atoms with Gasteiger partial charge in [0.2, 0.25) is 41.4 Å². The van der Waals surface area contributed by atoms with Crippen LogP contribution in [-0.2, 0) is 62.2 Å². The minimum Gasteiger partial charge on any atom is -0.382 e. The molecule has 0 radical (unpaired) electrons. The molecule has 0 aromatic carbocycles. The van der Waals surface area contributed by atoms with E-state index < -0.39 is 177 Å². The van der Waals surface area contributed by atoms with Crippen LogP contribution in [0.3, 0.4) is 0 Å². The van der Waals surface area contributed by atoms with Gasteiger partial charge in [0.25, 0.3) is 0 Å². The lowest BCUT2D eigenvalue weighted by Crippen LogP contribution is -2.58. The van der Waals surface area contributed by atoms with Crippen molar-refractivity contribution in [3.63, 3.8) is 0 Å². The molecule has 7 unspecified atom stereocenters. The smallest absolute Gasteiger partial charge is 0.246 e. The van der Waals surface area contributed by atoms with Crippen molar-refractivity contribution in [1.82, 2.24) is 37.2 Å². The normalized spacial score (nSPS) is 15.3. The lowest BCUT2D eigenvalue weighted by atomic mass is 9.99. The van der Waals surface area contributed by atoms with E-state index in [-0.39, 0.29) is 13.2 Å². The summed E-state index contributed by atoms with van der Waals surface area (Å²) in [7, 11) is 1.41.